The third-order valence-electron chi connectivity index (χ3n) is 5.27. The second-order valence-electron chi connectivity index (χ2n) is 6.99. The Bertz CT molecular complexity index is 891. The topological polar surface area (TPSA) is 38.0 Å². The molecule has 0 aliphatic carbocycles. The van der Waals surface area contributed by atoms with Crippen molar-refractivity contribution in [3.05, 3.63) is 71.0 Å². The molecule has 3 nitrogen and oxygen atoms in total. The smallest absolute Gasteiger partial charge is 0.0684 e. The Labute approximate surface area is 156 Å². The van der Waals surface area contributed by atoms with Crippen LogP contribution in [-0.4, -0.2) is 14.9 Å². The quantitative estimate of drug-likeness (QED) is 0.634. The number of aryl methyl sites for hydroxylation is 2. The van der Waals surface area contributed by atoms with Gasteiger partial charge in [-0.25, -0.2) is 4.68 Å². The minimum absolute atomic E-state index is 0.0731. The fourth-order valence-corrected chi connectivity index (χ4v) is 3.57. The maximum absolute atomic E-state index is 9.59. The Hall–Kier alpha value is -2.39. The van der Waals surface area contributed by atoms with E-state index in [4.69, 9.17) is 0 Å². The average molecular weight is 348 g/mol. The molecule has 3 rings (SSSR count). The van der Waals surface area contributed by atoms with Crippen molar-refractivity contribution in [2.24, 2.45) is 0 Å². The summed E-state index contributed by atoms with van der Waals surface area (Å²) >= 11 is 0. The summed E-state index contributed by atoms with van der Waals surface area (Å²) in [5.41, 5.74) is 7.96. The summed E-state index contributed by atoms with van der Waals surface area (Å²) in [7, 11) is 0. The zero-order valence-electron chi connectivity index (χ0n) is 16.2. The molecule has 0 saturated carbocycles. The minimum atomic E-state index is 0.0731. The molecule has 136 valence electrons. The van der Waals surface area contributed by atoms with E-state index in [0.29, 0.717) is 5.92 Å². The lowest BCUT2D eigenvalue weighted by molar-refractivity contribution is 0.281. The van der Waals surface area contributed by atoms with Gasteiger partial charge in [0.15, 0.2) is 0 Å². The van der Waals surface area contributed by atoms with Crippen molar-refractivity contribution in [3.63, 3.8) is 0 Å². The van der Waals surface area contributed by atoms with Gasteiger partial charge in [0.2, 0.25) is 0 Å². The molecule has 0 saturated heterocycles. The maximum Gasteiger partial charge on any atom is 0.0684 e. The molecular weight excluding hydrogens is 320 g/mol. The van der Waals surface area contributed by atoms with Gasteiger partial charge in [-0.15, -0.1) is 0 Å². The van der Waals surface area contributed by atoms with E-state index in [9.17, 15) is 5.11 Å². The number of aromatic nitrogens is 2. The van der Waals surface area contributed by atoms with Gasteiger partial charge in [0.25, 0.3) is 0 Å². The number of aliphatic hydroxyl groups excluding tert-OH is 1. The van der Waals surface area contributed by atoms with E-state index in [1.54, 1.807) is 0 Å². The molecule has 0 radical (unpaired) electrons. The van der Waals surface area contributed by atoms with Crippen LogP contribution in [0.15, 0.2) is 48.7 Å². The molecular formula is C23H28N2O. The molecule has 2 aromatic carbocycles. The van der Waals surface area contributed by atoms with Gasteiger partial charge in [-0.3, -0.25) is 0 Å². The number of benzene rings is 2. The fraction of sp³-hybridized carbons (Fsp3) is 0.348. The van der Waals surface area contributed by atoms with Gasteiger partial charge in [-0.1, -0.05) is 32.0 Å². The fourth-order valence-electron chi connectivity index (χ4n) is 3.57. The molecule has 0 aliphatic rings. The molecule has 0 fully saturated rings. The number of aliphatic hydroxyl groups is 1. The van der Waals surface area contributed by atoms with Crippen molar-refractivity contribution < 1.29 is 5.11 Å². The lowest BCUT2D eigenvalue weighted by atomic mass is 9.89. The third kappa shape index (κ3) is 3.58. The second kappa shape index (κ2) is 7.88. The monoisotopic (exact) mass is 348 g/mol. The SMILES string of the molecule is CCC(CC)c1cc(-c2ccc(C)c(CO)c2)ccc1-n1ccc(C)n1. The second-order valence-corrected chi connectivity index (χ2v) is 6.99. The Balaban J connectivity index is 2.13. The Morgan fingerprint density at radius 1 is 0.962 bits per heavy atom. The molecule has 1 aromatic heterocycles. The van der Waals surface area contributed by atoms with Crippen LogP contribution < -0.4 is 0 Å². The summed E-state index contributed by atoms with van der Waals surface area (Å²) in [5, 5.41) is 14.2. The van der Waals surface area contributed by atoms with Crippen LogP contribution in [-0.2, 0) is 6.61 Å². The van der Waals surface area contributed by atoms with Gasteiger partial charge in [0.05, 0.1) is 18.0 Å². The Morgan fingerprint density at radius 2 is 1.65 bits per heavy atom. The highest BCUT2D eigenvalue weighted by Crippen LogP contribution is 2.33. The average Bonchev–Trinajstić information content (AvgIpc) is 3.09. The number of hydrogen-bond acceptors (Lipinski definition) is 2. The van der Waals surface area contributed by atoms with Gasteiger partial charge in [-0.05, 0) is 84.7 Å². The van der Waals surface area contributed by atoms with Crippen molar-refractivity contribution in [2.45, 2.75) is 53.1 Å². The molecule has 0 unspecified atom stereocenters. The zero-order valence-corrected chi connectivity index (χ0v) is 16.2. The standard InChI is InChI=1S/C23H28N2O/c1-5-18(6-2)22-14-20(19-8-7-16(3)21(13-19)15-26)9-10-23(22)25-12-11-17(4)24-25/h7-14,18,26H,5-6,15H2,1-4H3. The predicted molar refractivity (Wildman–Crippen MR) is 108 cm³/mol. The molecule has 1 heterocycles. The molecule has 0 atom stereocenters. The minimum Gasteiger partial charge on any atom is -0.392 e. The number of rotatable bonds is 6. The lowest BCUT2D eigenvalue weighted by Gasteiger charge is -2.19. The summed E-state index contributed by atoms with van der Waals surface area (Å²) in [5.74, 6) is 0.497. The third-order valence-corrected chi connectivity index (χ3v) is 5.27. The van der Waals surface area contributed by atoms with Crippen LogP contribution in [0.3, 0.4) is 0 Å². The van der Waals surface area contributed by atoms with Crippen LogP contribution in [0.25, 0.3) is 16.8 Å². The van der Waals surface area contributed by atoms with Crippen LogP contribution in [0.2, 0.25) is 0 Å². The molecule has 0 amide bonds. The van der Waals surface area contributed by atoms with Crippen LogP contribution in [0, 0.1) is 13.8 Å². The summed E-state index contributed by atoms with van der Waals surface area (Å²) in [4.78, 5) is 0. The first-order valence-electron chi connectivity index (χ1n) is 9.44. The van der Waals surface area contributed by atoms with Crippen molar-refractivity contribution in [1.29, 1.82) is 0 Å². The molecule has 0 aliphatic heterocycles. The summed E-state index contributed by atoms with van der Waals surface area (Å²) < 4.78 is 1.99. The van der Waals surface area contributed by atoms with E-state index < -0.39 is 0 Å². The van der Waals surface area contributed by atoms with Crippen molar-refractivity contribution in [1.82, 2.24) is 9.78 Å². The van der Waals surface area contributed by atoms with Crippen LogP contribution >= 0.6 is 0 Å². The van der Waals surface area contributed by atoms with Gasteiger partial charge in [0, 0.05) is 6.20 Å². The molecule has 1 N–H and O–H groups in total. The first-order valence-corrected chi connectivity index (χ1v) is 9.44. The maximum atomic E-state index is 9.59. The molecule has 0 bridgehead atoms. The van der Waals surface area contributed by atoms with Crippen LogP contribution in [0.5, 0.6) is 0 Å². The van der Waals surface area contributed by atoms with E-state index in [-0.39, 0.29) is 6.61 Å². The lowest BCUT2D eigenvalue weighted by Crippen LogP contribution is -2.05. The van der Waals surface area contributed by atoms with Crippen molar-refractivity contribution in [3.8, 4) is 16.8 Å². The van der Waals surface area contributed by atoms with Crippen molar-refractivity contribution in [2.75, 3.05) is 0 Å². The highest BCUT2D eigenvalue weighted by Gasteiger charge is 2.16. The highest BCUT2D eigenvalue weighted by molar-refractivity contribution is 5.68. The van der Waals surface area contributed by atoms with E-state index in [0.717, 1.165) is 40.9 Å². The van der Waals surface area contributed by atoms with Gasteiger partial charge >= 0.3 is 0 Å². The predicted octanol–water partition coefficient (Wildman–Crippen LogP) is 5.55. The first kappa shape index (κ1) is 18.4. The van der Waals surface area contributed by atoms with Crippen LogP contribution in [0.4, 0.5) is 0 Å². The van der Waals surface area contributed by atoms with Gasteiger partial charge in [0.1, 0.15) is 0 Å². The molecule has 3 heteroatoms. The van der Waals surface area contributed by atoms with E-state index in [2.05, 4.69) is 55.3 Å². The summed E-state index contributed by atoms with van der Waals surface area (Å²) in [6, 6.07) is 15.0. The van der Waals surface area contributed by atoms with Gasteiger partial charge in [-0.2, -0.15) is 5.10 Å². The summed E-state index contributed by atoms with van der Waals surface area (Å²) in [6.07, 6.45) is 4.23. The normalized spacial score (nSPS) is 11.3. The van der Waals surface area contributed by atoms with Crippen molar-refractivity contribution >= 4 is 0 Å². The van der Waals surface area contributed by atoms with Gasteiger partial charge < -0.3 is 5.11 Å². The largest absolute Gasteiger partial charge is 0.392 e. The first-order chi connectivity index (χ1) is 12.6. The van der Waals surface area contributed by atoms with E-state index in [1.165, 1.54) is 11.1 Å². The molecule has 3 aromatic rings. The van der Waals surface area contributed by atoms with E-state index in [1.807, 2.05) is 30.8 Å². The van der Waals surface area contributed by atoms with Crippen LogP contribution in [0.1, 0.15) is 55.0 Å². The zero-order chi connectivity index (χ0) is 18.7. The van der Waals surface area contributed by atoms with E-state index >= 15 is 0 Å². The molecule has 0 spiro atoms. The Kier molecular flexibility index (Phi) is 5.58. The summed E-state index contributed by atoms with van der Waals surface area (Å²) in [6.45, 7) is 8.62. The Morgan fingerprint density at radius 3 is 2.27 bits per heavy atom. The highest BCUT2D eigenvalue weighted by atomic mass is 16.3. The molecule has 26 heavy (non-hydrogen) atoms. The number of hydrogen-bond donors (Lipinski definition) is 1. The number of nitrogens with zero attached hydrogens (tertiary/aromatic N) is 2.